The maximum absolute atomic E-state index is 15.7. The van der Waals surface area contributed by atoms with Gasteiger partial charge in [-0.25, -0.2) is 9.37 Å². The van der Waals surface area contributed by atoms with Crippen LogP contribution in [0.2, 0.25) is 0 Å². The van der Waals surface area contributed by atoms with Crippen LogP contribution in [0.4, 0.5) is 42.0 Å². The maximum atomic E-state index is 15.7. The molecule has 0 bridgehead atoms. The van der Waals surface area contributed by atoms with Crippen LogP contribution < -0.4 is 35.4 Å². The number of rotatable bonds is 10. The molecule has 4 fully saturated rings. The zero-order chi connectivity index (χ0) is 45.7. The van der Waals surface area contributed by atoms with Gasteiger partial charge in [-0.1, -0.05) is 12.8 Å². The van der Waals surface area contributed by atoms with Crippen LogP contribution in [-0.4, -0.2) is 133 Å². The Balaban J connectivity index is 0.771. The van der Waals surface area contributed by atoms with Crippen molar-refractivity contribution in [3.05, 3.63) is 59.0 Å². The average molecular weight is 901 g/mol. The number of alkyl halides is 2. The fraction of sp³-hybridized carbons (Fsp3) is 0.511. The Labute approximate surface area is 373 Å². The third kappa shape index (κ3) is 8.55. The summed E-state index contributed by atoms with van der Waals surface area (Å²) >= 11 is 0. The predicted octanol–water partition coefficient (Wildman–Crippen LogP) is 4.24. The molecule has 2 aromatic carbocycles. The van der Waals surface area contributed by atoms with E-state index in [9.17, 15) is 28.8 Å². The first kappa shape index (κ1) is 43.9. The smallest absolute Gasteiger partial charge is 0.342 e. The number of piperidine rings is 3. The fourth-order valence-corrected chi connectivity index (χ4v) is 10.1. The molecule has 5 aliphatic heterocycles. The van der Waals surface area contributed by atoms with E-state index in [1.807, 2.05) is 6.07 Å². The number of nitrogens with one attached hydrogen (secondary N) is 3. The van der Waals surface area contributed by atoms with Crippen molar-refractivity contribution >= 4 is 64.3 Å². The van der Waals surface area contributed by atoms with E-state index in [-0.39, 0.29) is 70.5 Å². The first-order chi connectivity index (χ1) is 31.2. The van der Waals surface area contributed by atoms with Gasteiger partial charge in [0.2, 0.25) is 17.8 Å². The lowest BCUT2D eigenvalue weighted by molar-refractivity contribution is -0.140. The van der Waals surface area contributed by atoms with Gasteiger partial charge in [0, 0.05) is 70.0 Å². The number of imide groups is 2. The third-order valence-corrected chi connectivity index (χ3v) is 13.8. The molecule has 1 saturated carbocycles. The summed E-state index contributed by atoms with van der Waals surface area (Å²) < 4.78 is 51.4. The lowest BCUT2D eigenvalue weighted by Crippen LogP contribution is -2.54. The second-order valence-electron chi connectivity index (χ2n) is 17.9. The first-order valence-electron chi connectivity index (χ1n) is 22.3. The molecule has 0 radical (unpaired) electrons. The Morgan fingerprint density at radius 2 is 1.65 bits per heavy atom. The molecule has 20 heteroatoms. The van der Waals surface area contributed by atoms with Gasteiger partial charge in [-0.15, -0.1) is 0 Å². The molecule has 0 spiro atoms. The highest BCUT2D eigenvalue weighted by Gasteiger charge is 2.49. The molecule has 17 nitrogen and oxygen atoms in total. The molecule has 1 unspecified atom stereocenters. The summed E-state index contributed by atoms with van der Waals surface area (Å²) in [5, 5.41) is 8.13. The minimum atomic E-state index is -3.64. The number of amides is 6. The average Bonchev–Trinajstić information content (AvgIpc) is 3.90. The zero-order valence-corrected chi connectivity index (χ0v) is 36.2. The Hall–Kier alpha value is -6.31. The first-order valence-corrected chi connectivity index (χ1v) is 22.3. The molecule has 1 atom stereocenters. The second kappa shape index (κ2) is 17.6. The number of nitrogens with zero attached hydrogens (tertiary/aromatic N) is 7. The van der Waals surface area contributed by atoms with Crippen molar-refractivity contribution in [2.45, 2.75) is 88.3 Å². The predicted molar refractivity (Wildman–Crippen MR) is 231 cm³/mol. The normalized spacial score (nSPS) is 22.2. The summed E-state index contributed by atoms with van der Waals surface area (Å²) in [6.45, 7) is 3.10. The standard InChI is InChI=1S/C45H51F3N10O7/c1-54-35-22-49-44(53-38(35)57(27-5-3-4-6-27)24-45(47,48)43(54)64)51-33-21-32(46)31(20-36(33)65-2)39(60)50-26-13-15-55(16-14-26)23-25-11-17-56(18-12-25)28-7-8-29-30(19-28)42(63)58(41(29)62)34-9-10-37(59)52-40(34)61/h7-8,19-22,25-27,34H,3-6,9-18,23-24H2,1-2H3,(H,50,60)(H,49,51,53)(H,52,59,61). The van der Waals surface area contributed by atoms with E-state index in [4.69, 9.17) is 4.74 Å². The lowest BCUT2D eigenvalue weighted by Gasteiger charge is -2.38. The van der Waals surface area contributed by atoms with Gasteiger partial charge in [0.05, 0.1) is 42.2 Å². The molecule has 65 heavy (non-hydrogen) atoms. The topological polar surface area (TPSA) is 190 Å². The number of halogens is 3. The highest BCUT2D eigenvalue weighted by atomic mass is 19.3. The minimum absolute atomic E-state index is 0.0258. The summed E-state index contributed by atoms with van der Waals surface area (Å²) in [4.78, 5) is 93.4. The number of carbonyl (C=O) groups is 6. The third-order valence-electron chi connectivity index (χ3n) is 13.8. The van der Waals surface area contributed by atoms with E-state index >= 15 is 13.2 Å². The maximum Gasteiger partial charge on any atom is 0.342 e. The molecular formula is C45H51F3N10O7. The van der Waals surface area contributed by atoms with Crippen LogP contribution in [0.15, 0.2) is 36.5 Å². The van der Waals surface area contributed by atoms with Crippen LogP contribution in [0.1, 0.15) is 95.3 Å². The monoisotopic (exact) mass is 900 g/mol. The molecule has 1 aliphatic carbocycles. The quantitative estimate of drug-likeness (QED) is 0.246. The largest absolute Gasteiger partial charge is 0.495 e. The van der Waals surface area contributed by atoms with E-state index in [0.29, 0.717) is 31.6 Å². The number of fused-ring (bicyclic) bond motifs is 2. The highest BCUT2D eigenvalue weighted by Crippen LogP contribution is 2.41. The van der Waals surface area contributed by atoms with E-state index in [1.54, 1.807) is 12.1 Å². The second-order valence-corrected chi connectivity index (χ2v) is 17.9. The van der Waals surface area contributed by atoms with Crippen LogP contribution in [0, 0.1) is 11.7 Å². The van der Waals surface area contributed by atoms with Crippen LogP contribution in [0.3, 0.4) is 0 Å². The van der Waals surface area contributed by atoms with E-state index in [2.05, 4.69) is 35.7 Å². The summed E-state index contributed by atoms with van der Waals surface area (Å²) in [5.41, 5.74) is 1.40. The van der Waals surface area contributed by atoms with Gasteiger partial charge in [-0.2, -0.15) is 13.8 Å². The number of benzene rings is 2. The van der Waals surface area contributed by atoms with E-state index in [1.165, 1.54) is 31.3 Å². The van der Waals surface area contributed by atoms with Gasteiger partial charge in [0.15, 0.2) is 5.82 Å². The van der Waals surface area contributed by atoms with Crippen LogP contribution >= 0.6 is 0 Å². The molecule has 344 valence electrons. The fourth-order valence-electron chi connectivity index (χ4n) is 10.1. The van der Waals surface area contributed by atoms with Crippen molar-refractivity contribution in [1.29, 1.82) is 0 Å². The molecular weight excluding hydrogens is 850 g/mol. The number of anilines is 5. The Kier molecular flexibility index (Phi) is 11.9. The van der Waals surface area contributed by atoms with Gasteiger partial charge >= 0.3 is 5.92 Å². The number of hydrogen-bond donors (Lipinski definition) is 3. The van der Waals surface area contributed by atoms with Crippen LogP contribution in [0.5, 0.6) is 5.75 Å². The van der Waals surface area contributed by atoms with Crippen molar-refractivity contribution in [3.63, 3.8) is 0 Å². The van der Waals surface area contributed by atoms with Gasteiger partial charge in [-0.3, -0.25) is 39.0 Å². The number of hydrogen-bond acceptors (Lipinski definition) is 13. The highest BCUT2D eigenvalue weighted by molar-refractivity contribution is 6.23. The van der Waals surface area contributed by atoms with Gasteiger partial charge in [0.1, 0.15) is 23.3 Å². The lowest BCUT2D eigenvalue weighted by atomic mass is 9.94. The summed E-state index contributed by atoms with van der Waals surface area (Å²) in [6, 6.07) is 6.19. The number of carbonyl (C=O) groups excluding carboxylic acids is 6. The van der Waals surface area contributed by atoms with Gasteiger partial charge < -0.3 is 35.0 Å². The minimum Gasteiger partial charge on any atom is -0.495 e. The summed E-state index contributed by atoms with van der Waals surface area (Å²) in [5.74, 6) is -7.77. The molecule has 6 heterocycles. The van der Waals surface area contributed by atoms with Crippen molar-refractivity contribution in [2.24, 2.45) is 5.92 Å². The van der Waals surface area contributed by atoms with Crippen molar-refractivity contribution in [2.75, 3.05) is 73.4 Å². The molecule has 6 amide bonds. The Morgan fingerprint density at radius 1 is 0.923 bits per heavy atom. The van der Waals surface area contributed by atoms with Gasteiger partial charge in [0.25, 0.3) is 23.6 Å². The van der Waals surface area contributed by atoms with Crippen LogP contribution in [0.25, 0.3) is 0 Å². The SMILES string of the molecule is COc1cc(C(=O)NC2CCN(CC3CCN(c4ccc5c(c4)C(=O)N(C4CCC(=O)NC4=O)C5=O)CC3)CC2)c(F)cc1Nc1ncc2c(n1)N(C1CCCC1)CC(F)(F)C(=O)N2C. The van der Waals surface area contributed by atoms with Crippen molar-refractivity contribution < 1.29 is 46.7 Å². The van der Waals surface area contributed by atoms with Gasteiger partial charge in [-0.05, 0) is 75.1 Å². The Bertz CT molecular complexity index is 2430. The molecule has 6 aliphatic rings. The van der Waals surface area contributed by atoms with Crippen molar-refractivity contribution in [3.8, 4) is 5.75 Å². The number of aromatic nitrogens is 2. The number of ether oxygens (including phenoxy) is 1. The molecule has 3 N–H and O–H groups in total. The Morgan fingerprint density at radius 3 is 2.35 bits per heavy atom. The van der Waals surface area contributed by atoms with Crippen LogP contribution in [-0.2, 0) is 14.4 Å². The number of methoxy groups -OCH3 is 1. The summed E-state index contributed by atoms with van der Waals surface area (Å²) in [7, 11) is 2.64. The summed E-state index contributed by atoms with van der Waals surface area (Å²) in [6.07, 6.45) is 7.75. The van der Waals surface area contributed by atoms with E-state index < -0.39 is 59.8 Å². The van der Waals surface area contributed by atoms with E-state index in [0.717, 1.165) is 80.0 Å². The number of likely N-dealkylation sites (tertiary alicyclic amines) is 1. The molecule has 1 aromatic heterocycles. The zero-order valence-electron chi connectivity index (χ0n) is 36.2. The molecule has 3 saturated heterocycles. The molecule has 3 aromatic rings. The molecule has 9 rings (SSSR count). The van der Waals surface area contributed by atoms with Crippen molar-refractivity contribution in [1.82, 2.24) is 30.4 Å².